The average molecular weight is 447 g/mol. The van der Waals surface area contributed by atoms with Gasteiger partial charge in [-0.05, 0) is 86.2 Å². The Morgan fingerprint density at radius 3 is 2.20 bits per heavy atom. The summed E-state index contributed by atoms with van der Waals surface area (Å²) in [4.78, 5) is 7.18. The van der Waals surface area contributed by atoms with Crippen LogP contribution in [0.2, 0.25) is 0 Å². The van der Waals surface area contributed by atoms with Crippen LogP contribution in [0.3, 0.4) is 0 Å². The van der Waals surface area contributed by atoms with Gasteiger partial charge < -0.3 is 4.90 Å². The zero-order valence-corrected chi connectivity index (χ0v) is 19.3. The van der Waals surface area contributed by atoms with E-state index in [1.807, 2.05) is 6.20 Å². The fraction of sp³-hybridized carbons (Fsp3) is 0.121. The van der Waals surface area contributed by atoms with Gasteiger partial charge in [-0.15, -0.1) is 0 Å². The van der Waals surface area contributed by atoms with Crippen LogP contribution in [0.1, 0.15) is 44.5 Å². The standard InChI is InChI=1S/C33H22N2/c1-3-7-25-20(6-1)15-28-27(25)17-24-14-23-10-9-22-13-19-5-2-4-8-26(19)31(22)33(23)35-30-18-34-12-11-21(30)16-29(28)32(24)35/h1-12,17-18H,13-16H2. The van der Waals surface area contributed by atoms with Crippen molar-refractivity contribution in [2.24, 2.45) is 0 Å². The Bertz CT molecular complexity index is 1760. The molecule has 2 aliphatic heterocycles. The van der Waals surface area contributed by atoms with Gasteiger partial charge in [0.2, 0.25) is 0 Å². The van der Waals surface area contributed by atoms with E-state index >= 15 is 0 Å². The molecule has 2 heteroatoms. The van der Waals surface area contributed by atoms with Crippen LogP contribution in [0, 0.1) is 0 Å². The molecule has 164 valence electrons. The van der Waals surface area contributed by atoms with Crippen LogP contribution in [0.5, 0.6) is 0 Å². The zero-order chi connectivity index (χ0) is 22.7. The average Bonchev–Trinajstić information content (AvgIpc) is 3.47. The lowest BCUT2D eigenvalue weighted by atomic mass is 9.81. The monoisotopic (exact) mass is 446 g/mol. The van der Waals surface area contributed by atoms with E-state index in [-0.39, 0.29) is 0 Å². The van der Waals surface area contributed by atoms with E-state index in [2.05, 4.69) is 88.9 Å². The maximum absolute atomic E-state index is 4.60. The van der Waals surface area contributed by atoms with Gasteiger partial charge in [-0.1, -0.05) is 60.7 Å². The summed E-state index contributed by atoms with van der Waals surface area (Å²) in [5.41, 5.74) is 21.4. The summed E-state index contributed by atoms with van der Waals surface area (Å²) < 4.78 is 0. The number of aromatic nitrogens is 1. The van der Waals surface area contributed by atoms with E-state index in [0.29, 0.717) is 0 Å². The van der Waals surface area contributed by atoms with Gasteiger partial charge in [-0.25, -0.2) is 0 Å². The van der Waals surface area contributed by atoms with Crippen LogP contribution in [0.15, 0.2) is 85.2 Å². The summed E-state index contributed by atoms with van der Waals surface area (Å²) in [5.74, 6) is 0. The molecule has 0 fully saturated rings. The lowest BCUT2D eigenvalue weighted by Gasteiger charge is -2.41. The predicted molar refractivity (Wildman–Crippen MR) is 141 cm³/mol. The Kier molecular flexibility index (Phi) is 3.27. The van der Waals surface area contributed by atoms with Gasteiger partial charge in [0, 0.05) is 24.6 Å². The number of nitrogens with zero attached hydrogens (tertiary/aromatic N) is 2. The van der Waals surface area contributed by atoms with Gasteiger partial charge in [0.1, 0.15) is 0 Å². The molecule has 4 aliphatic rings. The first kappa shape index (κ1) is 18.2. The van der Waals surface area contributed by atoms with Crippen LogP contribution < -0.4 is 4.90 Å². The molecule has 0 unspecified atom stereocenters. The molecular formula is C33H22N2. The molecule has 0 saturated heterocycles. The molecule has 0 spiro atoms. The van der Waals surface area contributed by atoms with Crippen LogP contribution in [-0.4, -0.2) is 4.98 Å². The van der Waals surface area contributed by atoms with Crippen molar-refractivity contribution in [2.75, 3.05) is 4.90 Å². The molecule has 0 amide bonds. The molecule has 9 rings (SSSR count). The molecule has 3 heterocycles. The molecule has 0 atom stereocenters. The fourth-order valence-electron chi connectivity index (χ4n) is 7.16. The number of rotatable bonds is 0. The van der Waals surface area contributed by atoms with E-state index in [1.54, 1.807) is 0 Å². The van der Waals surface area contributed by atoms with E-state index in [4.69, 9.17) is 0 Å². The molecule has 1 aromatic heterocycles. The molecule has 0 bridgehead atoms. The normalized spacial score (nSPS) is 14.9. The zero-order valence-electron chi connectivity index (χ0n) is 19.3. The molecule has 0 radical (unpaired) electrons. The summed E-state index contributed by atoms with van der Waals surface area (Å²) >= 11 is 0. The first-order valence-corrected chi connectivity index (χ1v) is 12.6. The lowest BCUT2D eigenvalue weighted by molar-refractivity contribution is 0.985. The summed E-state index contributed by atoms with van der Waals surface area (Å²) in [5, 5.41) is 0. The third kappa shape index (κ3) is 2.23. The van der Waals surface area contributed by atoms with Crippen molar-refractivity contribution in [2.45, 2.75) is 25.7 Å². The number of hydrogen-bond acceptors (Lipinski definition) is 2. The highest BCUT2D eigenvalue weighted by Gasteiger charge is 2.38. The quantitative estimate of drug-likeness (QED) is 0.240. The Hall–Kier alpha value is -4.17. The van der Waals surface area contributed by atoms with E-state index in [9.17, 15) is 0 Å². The minimum atomic E-state index is 0.981. The molecule has 5 aromatic rings. The van der Waals surface area contributed by atoms with E-state index in [0.717, 1.165) is 25.7 Å². The summed E-state index contributed by atoms with van der Waals surface area (Å²) in [6, 6.07) is 27.4. The summed E-state index contributed by atoms with van der Waals surface area (Å²) in [7, 11) is 0. The van der Waals surface area contributed by atoms with Crippen molar-refractivity contribution >= 4 is 17.1 Å². The topological polar surface area (TPSA) is 16.1 Å². The Balaban J connectivity index is 1.38. The number of anilines is 3. The number of hydrogen-bond donors (Lipinski definition) is 0. The van der Waals surface area contributed by atoms with Crippen molar-refractivity contribution in [1.82, 2.24) is 4.98 Å². The van der Waals surface area contributed by atoms with Crippen molar-refractivity contribution in [3.8, 4) is 22.3 Å². The maximum atomic E-state index is 4.60. The smallest absolute Gasteiger partial charge is 0.0680 e. The molecule has 0 saturated carbocycles. The van der Waals surface area contributed by atoms with Crippen LogP contribution in [-0.2, 0) is 25.7 Å². The van der Waals surface area contributed by atoms with Gasteiger partial charge in [0.05, 0.1) is 23.3 Å². The second-order valence-electron chi connectivity index (χ2n) is 10.4. The highest BCUT2D eigenvalue weighted by atomic mass is 15.2. The predicted octanol–water partition coefficient (Wildman–Crippen LogP) is 7.50. The fourth-order valence-corrected chi connectivity index (χ4v) is 7.16. The largest absolute Gasteiger partial charge is 0.307 e. The van der Waals surface area contributed by atoms with Gasteiger partial charge in [-0.3, -0.25) is 4.98 Å². The molecule has 2 nitrogen and oxygen atoms in total. The molecular weight excluding hydrogens is 424 g/mol. The first-order valence-electron chi connectivity index (χ1n) is 12.6. The Morgan fingerprint density at radius 2 is 1.29 bits per heavy atom. The number of pyridine rings is 1. The lowest BCUT2D eigenvalue weighted by Crippen LogP contribution is -2.26. The summed E-state index contributed by atoms with van der Waals surface area (Å²) in [6.45, 7) is 0. The minimum Gasteiger partial charge on any atom is -0.307 e. The van der Waals surface area contributed by atoms with Gasteiger partial charge in [-0.2, -0.15) is 0 Å². The molecule has 0 N–H and O–H groups in total. The minimum absolute atomic E-state index is 0.981. The molecule has 35 heavy (non-hydrogen) atoms. The number of fused-ring (bicyclic) bond motifs is 12. The van der Waals surface area contributed by atoms with Crippen molar-refractivity contribution in [1.29, 1.82) is 0 Å². The van der Waals surface area contributed by atoms with Crippen molar-refractivity contribution < 1.29 is 0 Å². The second-order valence-corrected chi connectivity index (χ2v) is 10.4. The van der Waals surface area contributed by atoms with Crippen LogP contribution >= 0.6 is 0 Å². The third-order valence-corrected chi connectivity index (χ3v) is 8.61. The van der Waals surface area contributed by atoms with Gasteiger partial charge >= 0.3 is 0 Å². The van der Waals surface area contributed by atoms with E-state index in [1.165, 1.54) is 83.8 Å². The van der Waals surface area contributed by atoms with E-state index < -0.39 is 0 Å². The van der Waals surface area contributed by atoms with Crippen molar-refractivity contribution in [3.63, 3.8) is 0 Å². The summed E-state index contributed by atoms with van der Waals surface area (Å²) in [6.07, 6.45) is 8.05. The van der Waals surface area contributed by atoms with Crippen LogP contribution in [0.25, 0.3) is 22.3 Å². The number of benzene rings is 4. The molecule has 4 aromatic carbocycles. The highest BCUT2D eigenvalue weighted by Crippen LogP contribution is 2.58. The Morgan fingerprint density at radius 1 is 0.543 bits per heavy atom. The SMILES string of the molecule is c1ccc2c(c1)Cc1c-2cc2c3c1Cc1ccncc1N3c1c(ccc3c1-c1ccccc1C3)C2. The van der Waals surface area contributed by atoms with Crippen LogP contribution in [0.4, 0.5) is 17.1 Å². The molecule has 2 aliphatic carbocycles. The van der Waals surface area contributed by atoms with Crippen molar-refractivity contribution in [3.05, 3.63) is 130 Å². The second kappa shape index (κ2) is 6.28. The first-order chi connectivity index (χ1) is 17.3. The van der Waals surface area contributed by atoms with Gasteiger partial charge in [0.25, 0.3) is 0 Å². The third-order valence-electron chi connectivity index (χ3n) is 8.61. The Labute approximate surface area is 204 Å². The highest BCUT2D eigenvalue weighted by molar-refractivity contribution is 6.00. The van der Waals surface area contributed by atoms with Gasteiger partial charge in [0.15, 0.2) is 0 Å². The maximum Gasteiger partial charge on any atom is 0.0680 e.